The van der Waals surface area contributed by atoms with Crippen LogP contribution in [0, 0.1) is 0 Å². The Labute approximate surface area is 180 Å². The van der Waals surface area contributed by atoms with Gasteiger partial charge in [0.05, 0.1) is 0 Å². The standard InChI is InChI=1S/C19H19BrN6O2S/c20-12-7-13-14(28-10-27-13)8-15(12)29-19-25-16-17(21)23-9-24-18(16)26(19)6-3-11-1-4-22-5-2-11/h3,7-9,22H,1-2,4-6,10H2,(H2,21,23,24). The van der Waals surface area contributed by atoms with Gasteiger partial charge in [-0.3, -0.25) is 4.57 Å². The highest BCUT2D eigenvalue weighted by Crippen LogP contribution is 2.43. The number of fused-ring (bicyclic) bond motifs is 2. The summed E-state index contributed by atoms with van der Waals surface area (Å²) in [5.41, 5.74) is 8.88. The average molecular weight is 475 g/mol. The van der Waals surface area contributed by atoms with Gasteiger partial charge in [-0.1, -0.05) is 23.4 Å². The number of benzene rings is 1. The number of nitrogens with zero attached hydrogens (tertiary/aromatic N) is 4. The maximum Gasteiger partial charge on any atom is 0.231 e. The summed E-state index contributed by atoms with van der Waals surface area (Å²) in [5, 5.41) is 4.19. The first-order valence-corrected chi connectivity index (χ1v) is 10.9. The summed E-state index contributed by atoms with van der Waals surface area (Å²) in [5.74, 6) is 1.85. The number of ether oxygens (including phenoxy) is 2. The van der Waals surface area contributed by atoms with Gasteiger partial charge in [-0.2, -0.15) is 0 Å². The van der Waals surface area contributed by atoms with E-state index in [-0.39, 0.29) is 6.79 Å². The summed E-state index contributed by atoms with van der Waals surface area (Å²) in [6.45, 7) is 2.98. The summed E-state index contributed by atoms with van der Waals surface area (Å²) in [4.78, 5) is 14.3. The van der Waals surface area contributed by atoms with Crippen molar-refractivity contribution in [3.8, 4) is 11.5 Å². The van der Waals surface area contributed by atoms with Crippen LogP contribution in [-0.4, -0.2) is 39.4 Å². The lowest BCUT2D eigenvalue weighted by molar-refractivity contribution is 0.174. The predicted octanol–water partition coefficient (Wildman–Crippen LogP) is 3.36. The number of halogens is 1. The fourth-order valence-electron chi connectivity index (χ4n) is 3.42. The van der Waals surface area contributed by atoms with Crippen molar-refractivity contribution in [2.75, 3.05) is 25.6 Å². The Hall–Kier alpha value is -2.30. The van der Waals surface area contributed by atoms with E-state index in [2.05, 4.69) is 41.9 Å². The van der Waals surface area contributed by atoms with Crippen molar-refractivity contribution < 1.29 is 9.47 Å². The molecule has 2 aliphatic heterocycles. The van der Waals surface area contributed by atoms with Crippen LogP contribution in [0.4, 0.5) is 5.82 Å². The molecular formula is C19H19BrN6O2S. The zero-order valence-corrected chi connectivity index (χ0v) is 17.9. The van der Waals surface area contributed by atoms with Crippen LogP contribution in [0.3, 0.4) is 0 Å². The monoisotopic (exact) mass is 474 g/mol. The van der Waals surface area contributed by atoms with E-state index >= 15 is 0 Å². The third-order valence-electron chi connectivity index (χ3n) is 4.96. The Kier molecular flexibility index (Phi) is 5.06. The van der Waals surface area contributed by atoms with Crippen molar-refractivity contribution in [3.05, 3.63) is 34.6 Å². The second-order valence-corrected chi connectivity index (χ2v) is 8.65. The zero-order valence-electron chi connectivity index (χ0n) is 15.5. The highest BCUT2D eigenvalue weighted by molar-refractivity contribution is 9.10. The topological polar surface area (TPSA) is 100 Å². The Morgan fingerprint density at radius 2 is 2.00 bits per heavy atom. The molecule has 2 aliphatic rings. The molecule has 1 saturated heterocycles. The summed E-state index contributed by atoms with van der Waals surface area (Å²) in [6, 6.07) is 3.88. The van der Waals surface area contributed by atoms with Gasteiger partial charge in [-0.05, 0) is 54.0 Å². The lowest BCUT2D eigenvalue weighted by Crippen LogP contribution is -2.23. The van der Waals surface area contributed by atoms with E-state index in [4.69, 9.17) is 20.2 Å². The highest BCUT2D eigenvalue weighted by atomic mass is 79.9. The van der Waals surface area contributed by atoms with E-state index in [0.29, 0.717) is 17.9 Å². The second-order valence-electron chi connectivity index (χ2n) is 6.79. The zero-order chi connectivity index (χ0) is 19.8. The summed E-state index contributed by atoms with van der Waals surface area (Å²) < 4.78 is 14.0. The molecule has 29 heavy (non-hydrogen) atoms. The Bertz CT molecular complexity index is 1110. The molecule has 0 radical (unpaired) electrons. The summed E-state index contributed by atoms with van der Waals surface area (Å²) >= 11 is 5.16. The van der Waals surface area contributed by atoms with Crippen LogP contribution < -0.4 is 20.5 Å². The molecule has 0 amide bonds. The van der Waals surface area contributed by atoms with Crippen molar-refractivity contribution in [2.24, 2.45) is 0 Å². The normalized spacial score (nSPS) is 15.8. The quantitative estimate of drug-likeness (QED) is 0.555. The Balaban J connectivity index is 1.53. The molecule has 1 aromatic carbocycles. The van der Waals surface area contributed by atoms with Gasteiger partial charge in [-0.25, -0.2) is 15.0 Å². The number of nitrogen functional groups attached to an aromatic ring is 1. The summed E-state index contributed by atoms with van der Waals surface area (Å²) in [7, 11) is 0. The number of allylic oxidation sites excluding steroid dienone is 1. The SMILES string of the molecule is Nc1ncnc2c1nc(Sc1cc3c(cc1Br)OCO3)n2CC=C1CCNCC1. The molecular weight excluding hydrogens is 456 g/mol. The molecule has 3 aromatic rings. The highest BCUT2D eigenvalue weighted by Gasteiger charge is 2.20. The number of piperidine rings is 1. The van der Waals surface area contributed by atoms with Crippen LogP contribution in [0.15, 0.2) is 44.6 Å². The Morgan fingerprint density at radius 3 is 2.83 bits per heavy atom. The van der Waals surface area contributed by atoms with Gasteiger partial charge < -0.3 is 20.5 Å². The Morgan fingerprint density at radius 1 is 1.21 bits per heavy atom. The van der Waals surface area contributed by atoms with Gasteiger partial charge in [-0.15, -0.1) is 0 Å². The molecule has 4 heterocycles. The van der Waals surface area contributed by atoms with Gasteiger partial charge >= 0.3 is 0 Å². The third kappa shape index (κ3) is 3.67. The molecule has 0 aliphatic carbocycles. The lowest BCUT2D eigenvalue weighted by Gasteiger charge is -2.15. The first-order valence-electron chi connectivity index (χ1n) is 9.31. The van der Waals surface area contributed by atoms with E-state index in [1.165, 1.54) is 23.7 Å². The van der Waals surface area contributed by atoms with E-state index in [1.807, 2.05) is 12.1 Å². The van der Waals surface area contributed by atoms with E-state index in [1.54, 1.807) is 0 Å². The molecule has 0 atom stereocenters. The van der Waals surface area contributed by atoms with Crippen LogP contribution in [0.5, 0.6) is 11.5 Å². The minimum atomic E-state index is 0.239. The number of hydrogen-bond acceptors (Lipinski definition) is 8. The van der Waals surface area contributed by atoms with Crippen LogP contribution in [0.25, 0.3) is 11.2 Å². The minimum absolute atomic E-state index is 0.239. The van der Waals surface area contributed by atoms with Crippen LogP contribution in [0.2, 0.25) is 0 Å². The lowest BCUT2D eigenvalue weighted by atomic mass is 10.1. The van der Waals surface area contributed by atoms with Crippen LogP contribution in [-0.2, 0) is 6.54 Å². The minimum Gasteiger partial charge on any atom is -0.454 e. The van der Waals surface area contributed by atoms with Gasteiger partial charge in [0.1, 0.15) is 6.33 Å². The van der Waals surface area contributed by atoms with Crippen molar-refractivity contribution in [1.82, 2.24) is 24.8 Å². The number of hydrogen-bond donors (Lipinski definition) is 2. The second kappa shape index (κ2) is 7.85. The molecule has 8 nitrogen and oxygen atoms in total. The predicted molar refractivity (Wildman–Crippen MR) is 114 cm³/mol. The van der Waals surface area contributed by atoms with Gasteiger partial charge in [0.15, 0.2) is 33.6 Å². The smallest absolute Gasteiger partial charge is 0.231 e. The number of nitrogens with one attached hydrogen (secondary N) is 1. The molecule has 10 heteroatoms. The fraction of sp³-hybridized carbons (Fsp3) is 0.316. The van der Waals surface area contributed by atoms with E-state index in [9.17, 15) is 0 Å². The fourth-order valence-corrected chi connectivity index (χ4v) is 4.92. The van der Waals surface area contributed by atoms with Gasteiger partial charge in [0, 0.05) is 15.9 Å². The number of nitrogens with two attached hydrogens (primary N) is 1. The number of anilines is 1. The molecule has 1 fully saturated rings. The van der Waals surface area contributed by atoms with Crippen LogP contribution in [0.1, 0.15) is 12.8 Å². The molecule has 150 valence electrons. The largest absolute Gasteiger partial charge is 0.454 e. The first-order chi connectivity index (χ1) is 14.2. The maximum atomic E-state index is 6.07. The van der Waals surface area contributed by atoms with Crippen LogP contribution >= 0.6 is 27.7 Å². The maximum absolute atomic E-state index is 6.07. The number of aromatic nitrogens is 4. The molecule has 5 rings (SSSR count). The van der Waals surface area contributed by atoms with E-state index < -0.39 is 0 Å². The van der Waals surface area contributed by atoms with E-state index in [0.717, 1.165) is 57.6 Å². The van der Waals surface area contributed by atoms with Crippen molar-refractivity contribution in [1.29, 1.82) is 0 Å². The molecule has 0 saturated carbocycles. The molecule has 0 bridgehead atoms. The first kappa shape index (κ1) is 18.7. The molecule has 2 aromatic heterocycles. The van der Waals surface area contributed by atoms with Gasteiger partial charge in [0.25, 0.3) is 0 Å². The molecule has 0 unspecified atom stereocenters. The van der Waals surface area contributed by atoms with Crippen molar-refractivity contribution >= 4 is 44.7 Å². The molecule has 3 N–H and O–H groups in total. The summed E-state index contributed by atoms with van der Waals surface area (Å²) in [6.07, 6.45) is 5.90. The number of imidazole rings is 1. The average Bonchev–Trinajstić information content (AvgIpc) is 3.32. The molecule has 0 spiro atoms. The van der Waals surface area contributed by atoms with Crippen molar-refractivity contribution in [2.45, 2.75) is 29.4 Å². The van der Waals surface area contributed by atoms with Crippen molar-refractivity contribution in [3.63, 3.8) is 0 Å². The van der Waals surface area contributed by atoms with Gasteiger partial charge in [0.2, 0.25) is 6.79 Å². The number of rotatable bonds is 4. The third-order valence-corrected chi connectivity index (χ3v) is 6.93.